The molecule has 0 fully saturated rings. The van der Waals surface area contributed by atoms with Gasteiger partial charge in [-0.25, -0.2) is 5.48 Å². The Morgan fingerprint density at radius 3 is 1.91 bits per heavy atom. The van der Waals surface area contributed by atoms with Crippen molar-refractivity contribution in [1.82, 2.24) is 16.1 Å². The Hall–Kier alpha value is -1.63. The Morgan fingerprint density at radius 1 is 0.955 bits per heavy atom. The average molecular weight is 315 g/mol. The van der Waals surface area contributed by atoms with E-state index in [2.05, 4.69) is 10.6 Å². The summed E-state index contributed by atoms with van der Waals surface area (Å²) in [5.41, 5.74) is 1.54. The summed E-state index contributed by atoms with van der Waals surface area (Å²) in [7, 11) is 1.52. The van der Waals surface area contributed by atoms with Crippen LogP contribution in [0.25, 0.3) is 0 Å². The van der Waals surface area contributed by atoms with Gasteiger partial charge in [-0.3, -0.25) is 19.6 Å². The van der Waals surface area contributed by atoms with Crippen LogP contribution in [0.5, 0.6) is 0 Å². The second kappa shape index (κ2) is 10.2. The van der Waals surface area contributed by atoms with Gasteiger partial charge in [0.2, 0.25) is 17.7 Å². The van der Waals surface area contributed by atoms with Crippen molar-refractivity contribution in [2.24, 2.45) is 17.8 Å². The zero-order valence-corrected chi connectivity index (χ0v) is 14.1. The van der Waals surface area contributed by atoms with E-state index in [4.69, 9.17) is 5.21 Å². The van der Waals surface area contributed by atoms with Crippen LogP contribution in [-0.2, 0) is 14.4 Å². The van der Waals surface area contributed by atoms with Gasteiger partial charge in [0.15, 0.2) is 0 Å². The van der Waals surface area contributed by atoms with Crippen LogP contribution in [0.15, 0.2) is 0 Å². The maximum atomic E-state index is 12.4. The average Bonchev–Trinajstić information content (AvgIpc) is 2.43. The van der Waals surface area contributed by atoms with Gasteiger partial charge in [0, 0.05) is 19.4 Å². The van der Waals surface area contributed by atoms with Crippen LogP contribution in [0.1, 0.15) is 47.0 Å². The molecule has 0 aromatic carbocycles. The minimum absolute atomic E-state index is 0.108. The lowest BCUT2D eigenvalue weighted by Crippen LogP contribution is -2.48. The summed E-state index contributed by atoms with van der Waals surface area (Å²) in [5, 5.41) is 13.9. The molecule has 4 N–H and O–H groups in total. The largest absolute Gasteiger partial charge is 0.357 e. The number of rotatable bonds is 9. The quantitative estimate of drug-likeness (QED) is 0.373. The highest BCUT2D eigenvalue weighted by Gasteiger charge is 2.27. The Bertz CT molecular complexity index is 383. The summed E-state index contributed by atoms with van der Waals surface area (Å²) in [6.07, 6.45) is 0.913. The zero-order chi connectivity index (χ0) is 17.3. The van der Waals surface area contributed by atoms with Gasteiger partial charge in [-0.1, -0.05) is 27.7 Å². The molecule has 22 heavy (non-hydrogen) atoms. The van der Waals surface area contributed by atoms with E-state index in [1.54, 1.807) is 5.48 Å². The normalized spacial score (nSPS) is 13.6. The summed E-state index contributed by atoms with van der Waals surface area (Å²) < 4.78 is 0. The van der Waals surface area contributed by atoms with Crippen LogP contribution in [0.3, 0.4) is 0 Å². The summed E-state index contributed by atoms with van der Waals surface area (Å²) in [6, 6.07) is -0.621. The Labute approximate surface area is 132 Å². The van der Waals surface area contributed by atoms with Gasteiger partial charge in [-0.05, 0) is 24.7 Å². The lowest BCUT2D eigenvalue weighted by molar-refractivity contribution is -0.136. The van der Waals surface area contributed by atoms with Crippen molar-refractivity contribution in [3.63, 3.8) is 0 Å². The number of carbonyl (C=O) groups excluding carboxylic acids is 3. The lowest BCUT2D eigenvalue weighted by Gasteiger charge is -2.23. The summed E-state index contributed by atoms with van der Waals surface area (Å²) in [5.74, 6) is -1.33. The first-order chi connectivity index (χ1) is 10.2. The van der Waals surface area contributed by atoms with E-state index in [9.17, 15) is 14.4 Å². The van der Waals surface area contributed by atoms with E-state index in [1.807, 2.05) is 27.7 Å². The molecule has 3 amide bonds. The Balaban J connectivity index is 4.93. The van der Waals surface area contributed by atoms with Crippen molar-refractivity contribution >= 4 is 17.7 Å². The van der Waals surface area contributed by atoms with Gasteiger partial charge < -0.3 is 10.6 Å². The second-order valence-corrected chi connectivity index (χ2v) is 6.37. The van der Waals surface area contributed by atoms with Crippen molar-refractivity contribution in [3.8, 4) is 0 Å². The van der Waals surface area contributed by atoms with Crippen LogP contribution < -0.4 is 16.1 Å². The number of amides is 3. The van der Waals surface area contributed by atoms with E-state index < -0.39 is 17.9 Å². The highest BCUT2D eigenvalue weighted by atomic mass is 16.5. The van der Waals surface area contributed by atoms with Gasteiger partial charge in [0.1, 0.15) is 6.04 Å². The number of carbonyl (C=O) groups is 3. The van der Waals surface area contributed by atoms with Crippen molar-refractivity contribution in [2.45, 2.75) is 53.0 Å². The highest BCUT2D eigenvalue weighted by molar-refractivity contribution is 5.90. The molecule has 0 aliphatic rings. The van der Waals surface area contributed by atoms with Gasteiger partial charge >= 0.3 is 0 Å². The second-order valence-electron chi connectivity index (χ2n) is 6.37. The fourth-order valence-corrected chi connectivity index (χ4v) is 2.29. The maximum absolute atomic E-state index is 12.4. The number of likely N-dealkylation sites (N-methyl/N-ethyl adjacent to an activating group) is 1. The van der Waals surface area contributed by atoms with E-state index in [-0.39, 0.29) is 30.1 Å². The minimum atomic E-state index is -0.621. The first-order valence-corrected chi connectivity index (χ1v) is 7.66. The third-order valence-corrected chi connectivity index (χ3v) is 3.27. The van der Waals surface area contributed by atoms with Crippen LogP contribution >= 0.6 is 0 Å². The highest BCUT2D eigenvalue weighted by Crippen LogP contribution is 2.17. The summed E-state index contributed by atoms with van der Waals surface area (Å²) in [6.45, 7) is 7.82. The van der Waals surface area contributed by atoms with Crippen molar-refractivity contribution in [1.29, 1.82) is 0 Å². The van der Waals surface area contributed by atoms with Crippen LogP contribution in [-0.4, -0.2) is 36.0 Å². The number of hydrogen-bond donors (Lipinski definition) is 4. The van der Waals surface area contributed by atoms with Crippen molar-refractivity contribution < 1.29 is 19.6 Å². The van der Waals surface area contributed by atoms with Crippen LogP contribution in [0, 0.1) is 17.8 Å². The third-order valence-electron chi connectivity index (χ3n) is 3.27. The third kappa shape index (κ3) is 7.97. The maximum Gasteiger partial charge on any atom is 0.244 e. The fraction of sp³-hybridized carbons (Fsp3) is 0.800. The van der Waals surface area contributed by atoms with E-state index in [1.165, 1.54) is 7.05 Å². The molecule has 0 bridgehead atoms. The molecule has 2 atom stereocenters. The molecule has 7 nitrogen and oxygen atoms in total. The molecular weight excluding hydrogens is 286 g/mol. The molecule has 0 aliphatic heterocycles. The molecule has 128 valence electrons. The summed E-state index contributed by atoms with van der Waals surface area (Å²) >= 11 is 0. The molecule has 0 aliphatic carbocycles. The van der Waals surface area contributed by atoms with E-state index >= 15 is 0 Å². The number of hydroxylamine groups is 1. The first-order valence-electron chi connectivity index (χ1n) is 7.66. The summed E-state index contributed by atoms with van der Waals surface area (Å²) in [4.78, 5) is 35.6. The fourth-order valence-electron chi connectivity index (χ4n) is 2.29. The van der Waals surface area contributed by atoms with Crippen LogP contribution in [0.2, 0.25) is 0 Å². The predicted molar refractivity (Wildman–Crippen MR) is 82.9 cm³/mol. The molecule has 7 heteroatoms. The minimum Gasteiger partial charge on any atom is -0.357 e. The number of nitrogens with one attached hydrogen (secondary N) is 3. The molecule has 0 radical (unpaired) electrons. The molecule has 0 heterocycles. The molecule has 0 saturated carbocycles. The molecule has 0 aromatic rings. The van der Waals surface area contributed by atoms with Crippen molar-refractivity contribution in [3.05, 3.63) is 0 Å². The van der Waals surface area contributed by atoms with Gasteiger partial charge in [-0.2, -0.15) is 0 Å². The predicted octanol–water partition coefficient (Wildman–Crippen LogP) is 0.821. The molecular formula is C15H29N3O4. The molecule has 0 spiro atoms. The van der Waals surface area contributed by atoms with Gasteiger partial charge in [-0.15, -0.1) is 0 Å². The molecule has 0 unspecified atom stereocenters. The van der Waals surface area contributed by atoms with Gasteiger partial charge in [0.25, 0.3) is 0 Å². The Morgan fingerprint density at radius 2 is 1.50 bits per heavy atom. The molecule has 0 saturated heterocycles. The molecule has 0 rings (SSSR count). The van der Waals surface area contributed by atoms with E-state index in [0.29, 0.717) is 12.8 Å². The standard InChI is InChI=1S/C15H29N3O4/c1-9(2)6-11(8-13(19)18-22)14(20)17-12(7-10(3)4)15(21)16-5/h9-12,22H,6-8H2,1-5H3,(H,16,21)(H,17,20)(H,18,19)/t11-,12-/m1/s1. The first kappa shape index (κ1) is 20.4. The smallest absolute Gasteiger partial charge is 0.244 e. The zero-order valence-electron chi connectivity index (χ0n) is 14.1. The van der Waals surface area contributed by atoms with Gasteiger partial charge in [0.05, 0.1) is 0 Å². The monoisotopic (exact) mass is 315 g/mol. The Kier molecular flexibility index (Phi) is 9.40. The van der Waals surface area contributed by atoms with Crippen molar-refractivity contribution in [2.75, 3.05) is 7.05 Å². The topological polar surface area (TPSA) is 108 Å². The molecule has 0 aromatic heterocycles. The SMILES string of the molecule is CNC(=O)[C@@H](CC(C)C)NC(=O)[C@@H](CC(=O)NO)CC(C)C. The van der Waals surface area contributed by atoms with Crippen LogP contribution in [0.4, 0.5) is 0 Å². The lowest BCUT2D eigenvalue weighted by atomic mass is 9.92. The number of hydrogen-bond acceptors (Lipinski definition) is 4. The van der Waals surface area contributed by atoms with E-state index in [0.717, 1.165) is 0 Å².